The summed E-state index contributed by atoms with van der Waals surface area (Å²) in [5.74, 6) is 0. The first-order valence-corrected chi connectivity index (χ1v) is 7.12. The third kappa shape index (κ3) is 5.31. The van der Waals surface area contributed by atoms with Crippen molar-refractivity contribution in [3.05, 3.63) is 0 Å². The lowest BCUT2D eigenvalue weighted by molar-refractivity contribution is 0.0229. The Morgan fingerprint density at radius 1 is 1.19 bits per heavy atom. The van der Waals surface area contributed by atoms with Crippen molar-refractivity contribution >= 4 is 0 Å². The number of rotatable bonds is 6. The highest BCUT2D eigenvalue weighted by molar-refractivity contribution is 4.84. The predicted octanol–water partition coefficient (Wildman–Crippen LogP) is 3.24. The maximum Gasteiger partial charge on any atom is 0.0771 e. The first-order chi connectivity index (χ1) is 7.66. The normalized spacial score (nSPS) is 22.7. The van der Waals surface area contributed by atoms with E-state index in [2.05, 4.69) is 19.2 Å². The van der Waals surface area contributed by atoms with Gasteiger partial charge in [-0.1, -0.05) is 45.4 Å². The van der Waals surface area contributed by atoms with Gasteiger partial charge in [-0.3, -0.25) is 0 Å². The zero-order valence-corrected chi connectivity index (χ0v) is 11.1. The summed E-state index contributed by atoms with van der Waals surface area (Å²) in [6.45, 7) is 5.25. The molecule has 96 valence electrons. The number of unbranched alkanes of at least 4 members (excludes halogenated alkanes) is 1. The smallest absolute Gasteiger partial charge is 0.0771 e. The van der Waals surface area contributed by atoms with Crippen LogP contribution in [-0.4, -0.2) is 23.3 Å². The highest BCUT2D eigenvalue weighted by Gasteiger charge is 2.27. The van der Waals surface area contributed by atoms with Crippen LogP contribution in [0.15, 0.2) is 0 Å². The molecule has 0 heterocycles. The van der Waals surface area contributed by atoms with E-state index in [1.165, 1.54) is 44.9 Å². The topological polar surface area (TPSA) is 32.3 Å². The van der Waals surface area contributed by atoms with E-state index in [9.17, 15) is 5.11 Å². The van der Waals surface area contributed by atoms with Crippen LogP contribution in [0.1, 0.15) is 71.6 Å². The van der Waals surface area contributed by atoms with Crippen molar-refractivity contribution in [1.82, 2.24) is 5.32 Å². The van der Waals surface area contributed by atoms with Gasteiger partial charge in [0.25, 0.3) is 0 Å². The molecule has 0 aromatic heterocycles. The molecule has 1 saturated carbocycles. The third-order valence-electron chi connectivity index (χ3n) is 3.80. The second kappa shape index (κ2) is 7.29. The Bertz CT molecular complexity index is 174. The zero-order valence-electron chi connectivity index (χ0n) is 11.1. The van der Waals surface area contributed by atoms with E-state index < -0.39 is 5.60 Å². The second-order valence-corrected chi connectivity index (χ2v) is 5.56. The average Bonchev–Trinajstić information content (AvgIpc) is 2.49. The zero-order chi connectivity index (χ0) is 11.9. The second-order valence-electron chi connectivity index (χ2n) is 5.56. The number of aliphatic hydroxyl groups is 1. The molecule has 16 heavy (non-hydrogen) atoms. The van der Waals surface area contributed by atoms with Gasteiger partial charge in [0, 0.05) is 12.6 Å². The van der Waals surface area contributed by atoms with Gasteiger partial charge < -0.3 is 10.4 Å². The van der Waals surface area contributed by atoms with Crippen LogP contribution in [0.4, 0.5) is 0 Å². The van der Waals surface area contributed by atoms with Gasteiger partial charge in [-0.15, -0.1) is 0 Å². The van der Waals surface area contributed by atoms with Crippen LogP contribution in [-0.2, 0) is 0 Å². The van der Waals surface area contributed by atoms with Crippen molar-refractivity contribution in [1.29, 1.82) is 0 Å². The maximum absolute atomic E-state index is 10.5. The minimum Gasteiger partial charge on any atom is -0.389 e. The van der Waals surface area contributed by atoms with E-state index in [-0.39, 0.29) is 0 Å². The molecule has 1 atom stereocenters. The van der Waals surface area contributed by atoms with Crippen molar-refractivity contribution in [2.24, 2.45) is 0 Å². The highest BCUT2D eigenvalue weighted by atomic mass is 16.3. The molecule has 1 aliphatic rings. The number of nitrogens with one attached hydrogen (secondary N) is 1. The van der Waals surface area contributed by atoms with Gasteiger partial charge in [0.2, 0.25) is 0 Å². The van der Waals surface area contributed by atoms with Gasteiger partial charge in [0.05, 0.1) is 5.60 Å². The Morgan fingerprint density at radius 3 is 2.38 bits per heavy atom. The van der Waals surface area contributed by atoms with Crippen molar-refractivity contribution in [3.8, 4) is 0 Å². The molecular weight excluding hydrogens is 198 g/mol. The summed E-state index contributed by atoms with van der Waals surface area (Å²) in [5, 5.41) is 14.0. The number of hydrogen-bond donors (Lipinski definition) is 2. The first kappa shape index (κ1) is 14.0. The van der Waals surface area contributed by atoms with Crippen LogP contribution in [0.25, 0.3) is 0 Å². The monoisotopic (exact) mass is 227 g/mol. The molecule has 0 radical (unpaired) electrons. The summed E-state index contributed by atoms with van der Waals surface area (Å²) in [6, 6.07) is 0.548. The van der Waals surface area contributed by atoms with Gasteiger partial charge >= 0.3 is 0 Å². The summed E-state index contributed by atoms with van der Waals surface area (Å²) in [5.41, 5.74) is -0.420. The number of hydrogen-bond acceptors (Lipinski definition) is 2. The van der Waals surface area contributed by atoms with Gasteiger partial charge in [-0.2, -0.15) is 0 Å². The first-order valence-electron chi connectivity index (χ1n) is 7.12. The SMILES string of the molecule is CCCCC(C)NCC1(O)CCCCCC1. The molecule has 0 aromatic carbocycles. The van der Waals surface area contributed by atoms with Gasteiger partial charge in [-0.25, -0.2) is 0 Å². The molecule has 2 heteroatoms. The molecule has 0 spiro atoms. The lowest BCUT2D eigenvalue weighted by atomic mass is 9.94. The summed E-state index contributed by atoms with van der Waals surface area (Å²) in [4.78, 5) is 0. The molecule has 1 aliphatic carbocycles. The van der Waals surface area contributed by atoms with E-state index in [1.54, 1.807) is 0 Å². The Labute approximate surface area is 101 Å². The van der Waals surface area contributed by atoms with Crippen molar-refractivity contribution < 1.29 is 5.11 Å². The summed E-state index contributed by atoms with van der Waals surface area (Å²) in [6.07, 6.45) is 10.7. The molecule has 0 bridgehead atoms. The van der Waals surface area contributed by atoms with Crippen molar-refractivity contribution in [3.63, 3.8) is 0 Å². The Hall–Kier alpha value is -0.0800. The lowest BCUT2D eigenvalue weighted by Gasteiger charge is -2.28. The van der Waals surface area contributed by atoms with Crippen LogP contribution in [0.3, 0.4) is 0 Å². The van der Waals surface area contributed by atoms with E-state index >= 15 is 0 Å². The molecule has 0 amide bonds. The quantitative estimate of drug-likeness (QED) is 0.683. The molecule has 2 N–H and O–H groups in total. The lowest BCUT2D eigenvalue weighted by Crippen LogP contribution is -2.43. The molecule has 1 fully saturated rings. The predicted molar refractivity (Wildman–Crippen MR) is 69.6 cm³/mol. The van der Waals surface area contributed by atoms with E-state index in [4.69, 9.17) is 0 Å². The summed E-state index contributed by atoms with van der Waals surface area (Å²) >= 11 is 0. The van der Waals surface area contributed by atoms with E-state index in [0.717, 1.165) is 19.4 Å². The molecule has 1 rings (SSSR count). The highest BCUT2D eigenvalue weighted by Crippen LogP contribution is 2.26. The van der Waals surface area contributed by atoms with Crippen LogP contribution < -0.4 is 5.32 Å². The fourth-order valence-electron chi connectivity index (χ4n) is 2.54. The Balaban J connectivity index is 2.23. The summed E-state index contributed by atoms with van der Waals surface area (Å²) < 4.78 is 0. The average molecular weight is 227 g/mol. The standard InChI is InChI=1S/C14H29NO/c1-3-4-9-13(2)15-12-14(16)10-7-5-6-8-11-14/h13,15-16H,3-12H2,1-2H3. The molecule has 0 aromatic rings. The largest absolute Gasteiger partial charge is 0.389 e. The van der Waals surface area contributed by atoms with Gasteiger partial charge in [-0.05, 0) is 26.2 Å². The van der Waals surface area contributed by atoms with Crippen LogP contribution >= 0.6 is 0 Å². The fourth-order valence-corrected chi connectivity index (χ4v) is 2.54. The molecular formula is C14H29NO. The Morgan fingerprint density at radius 2 is 1.81 bits per heavy atom. The van der Waals surface area contributed by atoms with Gasteiger partial charge in [0.15, 0.2) is 0 Å². The van der Waals surface area contributed by atoms with E-state index in [1.807, 2.05) is 0 Å². The van der Waals surface area contributed by atoms with Crippen molar-refractivity contribution in [2.75, 3.05) is 6.54 Å². The van der Waals surface area contributed by atoms with Crippen LogP contribution in [0, 0.1) is 0 Å². The fraction of sp³-hybridized carbons (Fsp3) is 1.00. The molecule has 1 unspecified atom stereocenters. The van der Waals surface area contributed by atoms with Gasteiger partial charge in [0.1, 0.15) is 0 Å². The maximum atomic E-state index is 10.5. The third-order valence-corrected chi connectivity index (χ3v) is 3.80. The molecule has 0 saturated heterocycles. The minimum absolute atomic E-state index is 0.420. The summed E-state index contributed by atoms with van der Waals surface area (Å²) in [7, 11) is 0. The van der Waals surface area contributed by atoms with Crippen molar-refractivity contribution in [2.45, 2.75) is 83.3 Å². The van der Waals surface area contributed by atoms with Crippen LogP contribution in [0.5, 0.6) is 0 Å². The molecule has 0 aliphatic heterocycles. The molecule has 2 nitrogen and oxygen atoms in total. The van der Waals surface area contributed by atoms with Crippen LogP contribution in [0.2, 0.25) is 0 Å². The minimum atomic E-state index is -0.420. The Kier molecular flexibility index (Phi) is 6.37. The van der Waals surface area contributed by atoms with E-state index in [0.29, 0.717) is 6.04 Å².